The molecule has 2 rings (SSSR count). The van der Waals surface area contributed by atoms with Crippen molar-refractivity contribution in [2.75, 3.05) is 6.67 Å². The summed E-state index contributed by atoms with van der Waals surface area (Å²) in [5, 5.41) is 0. The smallest absolute Gasteiger partial charge is 0.129 e. The fraction of sp³-hybridized carbons (Fsp3) is 0.667. The zero-order valence-corrected chi connectivity index (χ0v) is 11.8. The predicted octanol–water partition coefficient (Wildman–Crippen LogP) is 3.94. The van der Waals surface area contributed by atoms with Crippen molar-refractivity contribution in [1.29, 1.82) is 0 Å². The fourth-order valence-corrected chi connectivity index (χ4v) is 3.30. The van der Waals surface area contributed by atoms with Crippen molar-refractivity contribution >= 4 is 0 Å². The van der Waals surface area contributed by atoms with Gasteiger partial charge in [0.15, 0.2) is 0 Å². The average molecular weight is 251 g/mol. The van der Waals surface area contributed by atoms with E-state index in [2.05, 4.69) is 39.6 Å². The number of hydrogen-bond donors (Lipinski definition) is 0. The quantitative estimate of drug-likeness (QED) is 0.811. The van der Waals surface area contributed by atoms with Crippen LogP contribution in [0.3, 0.4) is 0 Å². The second-order valence-corrected chi connectivity index (χ2v) is 5.75. The van der Waals surface area contributed by atoms with Crippen LogP contribution in [0.2, 0.25) is 0 Å². The summed E-state index contributed by atoms with van der Waals surface area (Å²) in [6.45, 7) is 10.1. The molecule has 0 aliphatic carbocycles. The van der Waals surface area contributed by atoms with Crippen LogP contribution in [0, 0.1) is 18.8 Å². The molecule has 1 aromatic rings. The first-order valence-corrected chi connectivity index (χ1v) is 6.64. The SMILES string of the molecule is Cc1ccnc2c1C(C(C)C)(C(C)C)OC2CF. The van der Waals surface area contributed by atoms with Crippen LogP contribution in [0.4, 0.5) is 4.39 Å². The van der Waals surface area contributed by atoms with Gasteiger partial charge < -0.3 is 4.74 Å². The number of ether oxygens (including phenoxy) is 1. The minimum atomic E-state index is -0.510. The van der Waals surface area contributed by atoms with E-state index in [1.54, 1.807) is 6.20 Å². The summed E-state index contributed by atoms with van der Waals surface area (Å²) in [4.78, 5) is 4.37. The summed E-state index contributed by atoms with van der Waals surface area (Å²) in [5.41, 5.74) is 2.64. The predicted molar refractivity (Wildman–Crippen MR) is 70.1 cm³/mol. The lowest BCUT2D eigenvalue weighted by Gasteiger charge is -2.39. The summed E-state index contributed by atoms with van der Waals surface area (Å²) in [5.74, 6) is 0.575. The number of rotatable bonds is 3. The third-order valence-electron chi connectivity index (χ3n) is 4.08. The third-order valence-corrected chi connectivity index (χ3v) is 4.08. The first kappa shape index (κ1) is 13.5. The molecule has 0 saturated carbocycles. The van der Waals surface area contributed by atoms with E-state index in [0.717, 1.165) is 16.8 Å². The molecule has 2 heterocycles. The van der Waals surface area contributed by atoms with Gasteiger partial charge in [0.1, 0.15) is 18.4 Å². The fourth-order valence-electron chi connectivity index (χ4n) is 3.30. The molecule has 0 N–H and O–H groups in total. The average Bonchev–Trinajstić information content (AvgIpc) is 2.66. The highest BCUT2D eigenvalue weighted by Crippen LogP contribution is 2.52. The van der Waals surface area contributed by atoms with E-state index < -0.39 is 18.4 Å². The van der Waals surface area contributed by atoms with E-state index in [9.17, 15) is 4.39 Å². The highest BCUT2D eigenvalue weighted by Gasteiger charge is 2.50. The molecule has 0 spiro atoms. The van der Waals surface area contributed by atoms with Crippen molar-refractivity contribution < 1.29 is 9.13 Å². The molecule has 0 amide bonds. The van der Waals surface area contributed by atoms with E-state index in [1.807, 2.05) is 6.07 Å². The van der Waals surface area contributed by atoms with Gasteiger partial charge in [0, 0.05) is 11.8 Å². The van der Waals surface area contributed by atoms with Crippen LogP contribution >= 0.6 is 0 Å². The molecule has 0 aromatic carbocycles. The van der Waals surface area contributed by atoms with E-state index >= 15 is 0 Å². The second-order valence-electron chi connectivity index (χ2n) is 5.75. The summed E-state index contributed by atoms with van der Waals surface area (Å²) in [7, 11) is 0. The van der Waals surface area contributed by atoms with Gasteiger partial charge in [-0.05, 0) is 30.4 Å². The molecule has 0 radical (unpaired) electrons. The summed E-state index contributed by atoms with van der Waals surface area (Å²) < 4.78 is 19.3. The number of aromatic nitrogens is 1. The maximum atomic E-state index is 13.2. The van der Waals surface area contributed by atoms with Gasteiger partial charge in [-0.3, -0.25) is 4.98 Å². The van der Waals surface area contributed by atoms with E-state index in [0.29, 0.717) is 0 Å². The number of nitrogens with zero attached hydrogens (tertiary/aromatic N) is 1. The minimum Gasteiger partial charge on any atom is -0.357 e. The van der Waals surface area contributed by atoms with Gasteiger partial charge in [-0.15, -0.1) is 0 Å². The number of alkyl halides is 1. The minimum absolute atomic E-state index is 0.288. The molecule has 0 bridgehead atoms. The van der Waals surface area contributed by atoms with Crippen LogP contribution in [0.25, 0.3) is 0 Å². The zero-order valence-electron chi connectivity index (χ0n) is 11.8. The van der Waals surface area contributed by atoms with Crippen molar-refractivity contribution in [3.8, 4) is 0 Å². The van der Waals surface area contributed by atoms with Gasteiger partial charge >= 0.3 is 0 Å². The lowest BCUT2D eigenvalue weighted by molar-refractivity contribution is -0.140. The van der Waals surface area contributed by atoms with Crippen LogP contribution in [0.1, 0.15) is 50.6 Å². The lowest BCUT2D eigenvalue weighted by atomic mass is 9.74. The van der Waals surface area contributed by atoms with Gasteiger partial charge in [-0.2, -0.15) is 0 Å². The molecule has 100 valence electrons. The maximum absolute atomic E-state index is 13.2. The van der Waals surface area contributed by atoms with Crippen LogP contribution in [0.5, 0.6) is 0 Å². The maximum Gasteiger partial charge on any atom is 0.129 e. The molecule has 1 atom stereocenters. The summed E-state index contributed by atoms with van der Waals surface area (Å²) in [6, 6.07) is 1.99. The van der Waals surface area contributed by atoms with Crippen LogP contribution in [-0.4, -0.2) is 11.7 Å². The molecule has 3 heteroatoms. The van der Waals surface area contributed by atoms with Crippen molar-refractivity contribution in [1.82, 2.24) is 4.98 Å². The topological polar surface area (TPSA) is 22.1 Å². The number of aryl methyl sites for hydroxylation is 1. The summed E-state index contributed by atoms with van der Waals surface area (Å²) in [6.07, 6.45) is 1.24. The number of pyridine rings is 1. The zero-order chi connectivity index (χ0) is 13.5. The normalized spacial score (nSPS) is 21.7. The Bertz CT molecular complexity index is 434. The Hall–Kier alpha value is -0.960. The molecule has 1 unspecified atom stereocenters. The molecule has 1 aromatic heterocycles. The molecule has 1 aliphatic heterocycles. The van der Waals surface area contributed by atoms with Crippen molar-refractivity contribution in [2.24, 2.45) is 11.8 Å². The van der Waals surface area contributed by atoms with Crippen molar-refractivity contribution in [3.05, 3.63) is 29.1 Å². The van der Waals surface area contributed by atoms with Crippen LogP contribution in [-0.2, 0) is 10.3 Å². The van der Waals surface area contributed by atoms with E-state index in [4.69, 9.17) is 4.74 Å². The first-order valence-electron chi connectivity index (χ1n) is 6.64. The number of hydrogen-bond acceptors (Lipinski definition) is 2. The highest BCUT2D eigenvalue weighted by molar-refractivity contribution is 5.40. The Morgan fingerprint density at radius 2 is 1.94 bits per heavy atom. The molecule has 0 fully saturated rings. The Kier molecular flexibility index (Phi) is 3.45. The van der Waals surface area contributed by atoms with Crippen LogP contribution < -0.4 is 0 Å². The Morgan fingerprint density at radius 3 is 2.44 bits per heavy atom. The Balaban J connectivity index is 2.68. The number of halogens is 1. The largest absolute Gasteiger partial charge is 0.357 e. The first-order chi connectivity index (χ1) is 8.45. The standard InChI is InChI=1S/C15H22FNO/c1-9(2)15(10(3)4)13-11(5)6-7-17-14(13)12(8-16)18-15/h6-7,9-10,12H,8H2,1-5H3. The molecular formula is C15H22FNO. The third kappa shape index (κ3) is 1.68. The molecular weight excluding hydrogens is 229 g/mol. The molecule has 2 nitrogen and oxygen atoms in total. The molecule has 0 saturated heterocycles. The van der Waals surface area contributed by atoms with Crippen LogP contribution in [0.15, 0.2) is 12.3 Å². The van der Waals surface area contributed by atoms with Crippen molar-refractivity contribution in [3.63, 3.8) is 0 Å². The molecule has 1 aliphatic rings. The molecule has 18 heavy (non-hydrogen) atoms. The van der Waals surface area contributed by atoms with Gasteiger partial charge in [0.2, 0.25) is 0 Å². The van der Waals surface area contributed by atoms with Gasteiger partial charge in [-0.25, -0.2) is 4.39 Å². The van der Waals surface area contributed by atoms with Gasteiger partial charge in [-0.1, -0.05) is 27.7 Å². The van der Waals surface area contributed by atoms with Gasteiger partial charge in [0.25, 0.3) is 0 Å². The van der Waals surface area contributed by atoms with Crippen molar-refractivity contribution in [2.45, 2.75) is 46.3 Å². The monoisotopic (exact) mass is 251 g/mol. The Labute approximate surface area is 109 Å². The van der Waals surface area contributed by atoms with E-state index in [-0.39, 0.29) is 11.8 Å². The van der Waals surface area contributed by atoms with Gasteiger partial charge in [0.05, 0.1) is 5.69 Å². The lowest BCUT2D eigenvalue weighted by Crippen LogP contribution is -2.38. The highest BCUT2D eigenvalue weighted by atomic mass is 19.1. The second kappa shape index (κ2) is 4.61. The summed E-state index contributed by atoms with van der Waals surface area (Å²) >= 11 is 0. The number of fused-ring (bicyclic) bond motifs is 1. The Morgan fingerprint density at radius 1 is 1.33 bits per heavy atom. The van der Waals surface area contributed by atoms with E-state index in [1.165, 1.54) is 0 Å².